The van der Waals surface area contributed by atoms with Crippen molar-refractivity contribution in [2.45, 2.75) is 19.8 Å². The van der Waals surface area contributed by atoms with Crippen LogP contribution in [0.4, 0.5) is 10.8 Å². The largest absolute Gasteiger partial charge is 0.495 e. The molecule has 0 fully saturated rings. The number of nitrogens with one attached hydrogen (secondary N) is 2. The van der Waals surface area contributed by atoms with Crippen molar-refractivity contribution in [3.8, 4) is 11.5 Å². The molecule has 0 aliphatic rings. The van der Waals surface area contributed by atoms with Crippen LogP contribution in [0.15, 0.2) is 30.3 Å². The molecule has 1 heterocycles. The van der Waals surface area contributed by atoms with E-state index >= 15 is 0 Å². The molecule has 0 aliphatic heterocycles. The average Bonchev–Trinajstić information content (AvgIpc) is 3.07. The number of methoxy groups -OCH3 is 2. The number of amides is 2. The Labute approximate surface area is 177 Å². The van der Waals surface area contributed by atoms with Crippen LogP contribution < -0.4 is 20.1 Å². The molecule has 1 aromatic heterocycles. The Hall–Kier alpha value is -2.84. The van der Waals surface area contributed by atoms with Crippen LogP contribution in [0.25, 0.3) is 10.2 Å². The number of aryl methyl sites for hydroxylation is 1. The van der Waals surface area contributed by atoms with E-state index < -0.39 is 0 Å². The lowest BCUT2D eigenvalue weighted by molar-refractivity contribution is -0.116. The Balaban J connectivity index is 1.66. The van der Waals surface area contributed by atoms with E-state index in [1.165, 1.54) is 32.5 Å². The zero-order valence-electron chi connectivity index (χ0n) is 16.2. The summed E-state index contributed by atoms with van der Waals surface area (Å²) in [5.74, 6) is 0.622. The van der Waals surface area contributed by atoms with E-state index in [9.17, 15) is 9.59 Å². The van der Waals surface area contributed by atoms with Crippen LogP contribution in [0, 0.1) is 0 Å². The maximum Gasteiger partial charge on any atom is 0.224 e. The molecular weight excluding hydrogens is 414 g/mol. The number of hydrogen-bond donors (Lipinski definition) is 2. The Morgan fingerprint density at radius 3 is 2.55 bits per heavy atom. The zero-order valence-corrected chi connectivity index (χ0v) is 17.7. The number of thiazole rings is 1. The van der Waals surface area contributed by atoms with Gasteiger partial charge in [0.2, 0.25) is 11.8 Å². The Kier molecular flexibility index (Phi) is 6.56. The standard InChI is InChI=1S/C20H20ClN3O4S/c1-11(25)22-20-24-14-6-4-12(8-18(14)29-20)5-7-19(26)23-15-9-13(21)16(27-2)10-17(15)28-3/h4,6,8-10H,5,7H2,1-3H3,(H,23,26)(H,22,24,25). The third-order valence-corrected chi connectivity index (χ3v) is 5.35. The molecule has 0 saturated carbocycles. The first-order valence-corrected chi connectivity index (χ1v) is 9.97. The molecule has 0 unspecified atom stereocenters. The smallest absolute Gasteiger partial charge is 0.224 e. The number of carbonyl (C=O) groups is 2. The van der Waals surface area contributed by atoms with Crippen molar-refractivity contribution in [3.63, 3.8) is 0 Å². The number of fused-ring (bicyclic) bond motifs is 1. The third-order valence-electron chi connectivity index (χ3n) is 4.12. The Bertz CT molecular complexity index is 1070. The first-order chi connectivity index (χ1) is 13.9. The number of halogens is 1. The van der Waals surface area contributed by atoms with Crippen molar-refractivity contribution in [3.05, 3.63) is 40.9 Å². The fourth-order valence-electron chi connectivity index (χ4n) is 2.76. The van der Waals surface area contributed by atoms with Gasteiger partial charge in [0.1, 0.15) is 11.5 Å². The predicted octanol–water partition coefficient (Wildman–Crippen LogP) is 4.50. The van der Waals surface area contributed by atoms with E-state index in [1.807, 2.05) is 18.2 Å². The molecule has 29 heavy (non-hydrogen) atoms. The van der Waals surface area contributed by atoms with Gasteiger partial charge in [-0.15, -0.1) is 0 Å². The summed E-state index contributed by atoms with van der Waals surface area (Å²) in [5, 5.41) is 6.46. The summed E-state index contributed by atoms with van der Waals surface area (Å²) in [4.78, 5) is 27.9. The van der Waals surface area contributed by atoms with Gasteiger partial charge >= 0.3 is 0 Å². The fraction of sp³-hybridized carbons (Fsp3) is 0.250. The Morgan fingerprint density at radius 2 is 1.86 bits per heavy atom. The summed E-state index contributed by atoms with van der Waals surface area (Å²) < 4.78 is 11.4. The highest BCUT2D eigenvalue weighted by Gasteiger charge is 2.13. The third kappa shape index (κ3) is 5.16. The first kappa shape index (κ1) is 20.9. The predicted molar refractivity (Wildman–Crippen MR) is 115 cm³/mol. The van der Waals surface area contributed by atoms with Crippen molar-refractivity contribution < 1.29 is 19.1 Å². The molecule has 0 aliphatic carbocycles. The van der Waals surface area contributed by atoms with Crippen LogP contribution >= 0.6 is 22.9 Å². The SMILES string of the molecule is COc1cc(OC)c(NC(=O)CCc2ccc3nc(NC(C)=O)sc3c2)cc1Cl. The number of hydrogen-bond acceptors (Lipinski definition) is 6. The highest BCUT2D eigenvalue weighted by molar-refractivity contribution is 7.22. The van der Waals surface area contributed by atoms with Crippen LogP contribution in [-0.4, -0.2) is 31.0 Å². The molecule has 7 nitrogen and oxygen atoms in total. The van der Waals surface area contributed by atoms with E-state index in [-0.39, 0.29) is 18.2 Å². The average molecular weight is 434 g/mol. The molecule has 152 valence electrons. The fourth-order valence-corrected chi connectivity index (χ4v) is 3.97. The highest BCUT2D eigenvalue weighted by Crippen LogP contribution is 2.36. The lowest BCUT2D eigenvalue weighted by Crippen LogP contribution is -2.13. The second kappa shape index (κ2) is 9.11. The number of ether oxygens (including phenoxy) is 2. The first-order valence-electron chi connectivity index (χ1n) is 8.78. The summed E-state index contributed by atoms with van der Waals surface area (Å²) in [6.45, 7) is 1.45. The van der Waals surface area contributed by atoms with Crippen molar-refractivity contribution in [2.24, 2.45) is 0 Å². The second-order valence-electron chi connectivity index (χ2n) is 6.24. The van der Waals surface area contributed by atoms with E-state index in [2.05, 4.69) is 15.6 Å². The van der Waals surface area contributed by atoms with Gasteiger partial charge in [0, 0.05) is 19.4 Å². The number of nitrogens with zero attached hydrogens (tertiary/aromatic N) is 1. The number of aromatic nitrogens is 1. The topological polar surface area (TPSA) is 89.6 Å². The minimum atomic E-state index is -0.159. The van der Waals surface area contributed by atoms with Gasteiger partial charge in [0.15, 0.2) is 5.13 Å². The van der Waals surface area contributed by atoms with Gasteiger partial charge in [-0.25, -0.2) is 4.98 Å². The van der Waals surface area contributed by atoms with Gasteiger partial charge in [0.25, 0.3) is 0 Å². The lowest BCUT2D eigenvalue weighted by atomic mass is 10.1. The van der Waals surface area contributed by atoms with Crippen LogP contribution in [0.2, 0.25) is 5.02 Å². The number of anilines is 2. The number of rotatable bonds is 7. The molecule has 9 heteroatoms. The van der Waals surface area contributed by atoms with Gasteiger partial charge in [-0.1, -0.05) is 29.0 Å². The minimum Gasteiger partial charge on any atom is -0.495 e. The van der Waals surface area contributed by atoms with Crippen molar-refractivity contribution in [2.75, 3.05) is 24.9 Å². The van der Waals surface area contributed by atoms with Crippen LogP contribution in [0.5, 0.6) is 11.5 Å². The van der Waals surface area contributed by atoms with E-state index in [4.69, 9.17) is 21.1 Å². The lowest BCUT2D eigenvalue weighted by Gasteiger charge is -2.13. The highest BCUT2D eigenvalue weighted by atomic mass is 35.5. The number of benzene rings is 2. The maximum absolute atomic E-state index is 12.4. The maximum atomic E-state index is 12.4. The molecule has 3 rings (SSSR count). The zero-order chi connectivity index (χ0) is 21.0. The second-order valence-corrected chi connectivity index (χ2v) is 7.68. The molecule has 3 aromatic rings. The van der Waals surface area contributed by atoms with Gasteiger partial charge in [0.05, 0.1) is 35.1 Å². The van der Waals surface area contributed by atoms with E-state index in [0.29, 0.717) is 33.8 Å². The summed E-state index contributed by atoms with van der Waals surface area (Å²) >= 11 is 7.54. The van der Waals surface area contributed by atoms with Gasteiger partial charge < -0.3 is 20.1 Å². The molecule has 0 atom stereocenters. The van der Waals surface area contributed by atoms with Crippen LogP contribution in [0.3, 0.4) is 0 Å². The molecule has 0 spiro atoms. The molecule has 2 N–H and O–H groups in total. The quantitative estimate of drug-likeness (QED) is 0.572. The van der Waals surface area contributed by atoms with Crippen molar-refractivity contribution in [1.29, 1.82) is 0 Å². The molecule has 2 amide bonds. The molecular formula is C20H20ClN3O4S. The minimum absolute atomic E-state index is 0.157. The summed E-state index contributed by atoms with van der Waals surface area (Å²) in [5.41, 5.74) is 2.30. The van der Waals surface area contributed by atoms with Gasteiger partial charge in [-0.2, -0.15) is 0 Å². The van der Waals surface area contributed by atoms with Gasteiger partial charge in [-0.3, -0.25) is 9.59 Å². The molecule has 0 radical (unpaired) electrons. The summed E-state index contributed by atoms with van der Waals surface area (Å²) in [7, 11) is 3.02. The van der Waals surface area contributed by atoms with Gasteiger partial charge in [-0.05, 0) is 30.2 Å². The molecule has 0 bridgehead atoms. The van der Waals surface area contributed by atoms with E-state index in [1.54, 1.807) is 12.1 Å². The molecule has 0 saturated heterocycles. The Morgan fingerprint density at radius 1 is 1.10 bits per heavy atom. The monoisotopic (exact) mass is 433 g/mol. The van der Waals surface area contributed by atoms with Crippen LogP contribution in [-0.2, 0) is 16.0 Å². The van der Waals surface area contributed by atoms with Crippen LogP contribution in [0.1, 0.15) is 18.9 Å². The molecule has 2 aromatic carbocycles. The number of carbonyl (C=O) groups excluding carboxylic acids is 2. The van der Waals surface area contributed by atoms with Crippen molar-refractivity contribution in [1.82, 2.24) is 4.98 Å². The summed E-state index contributed by atoms with van der Waals surface area (Å²) in [6, 6.07) is 9.02. The summed E-state index contributed by atoms with van der Waals surface area (Å²) in [6.07, 6.45) is 0.844. The van der Waals surface area contributed by atoms with E-state index in [0.717, 1.165) is 15.8 Å². The van der Waals surface area contributed by atoms with Crippen molar-refractivity contribution >= 4 is 55.8 Å². The normalized spacial score (nSPS) is 10.6.